The summed E-state index contributed by atoms with van der Waals surface area (Å²) >= 11 is 1.26. The molecular weight excluding hydrogens is 229 g/mol. The molecule has 0 saturated carbocycles. The van der Waals surface area contributed by atoms with Crippen LogP contribution in [0, 0.1) is 5.82 Å². The van der Waals surface area contributed by atoms with E-state index in [0.29, 0.717) is 10.7 Å². The Bertz CT molecular complexity index is 526. The first kappa shape index (κ1) is 10.7. The Morgan fingerprint density at radius 2 is 2.38 bits per heavy atom. The predicted octanol–water partition coefficient (Wildman–Crippen LogP) is 1.37. The van der Waals surface area contributed by atoms with Crippen molar-refractivity contribution in [2.75, 3.05) is 0 Å². The van der Waals surface area contributed by atoms with Gasteiger partial charge in [-0.3, -0.25) is 9.78 Å². The fraction of sp³-hybridized carbons (Fsp3) is 0.100. The molecule has 2 heterocycles. The summed E-state index contributed by atoms with van der Waals surface area (Å²) in [4.78, 5) is 18.7. The number of primary amides is 1. The van der Waals surface area contributed by atoms with E-state index in [2.05, 4.69) is 9.97 Å². The summed E-state index contributed by atoms with van der Waals surface area (Å²) < 4.78 is 13.3. The standard InChI is InChI=1S/C10H8FN3OS/c11-6-2-1-3-13-7(6)4-9-14-8(5-16-9)10(12)15/h1-3,5H,4H2,(H2,12,15). The number of aromatic nitrogens is 2. The molecule has 0 fully saturated rings. The second-order valence-corrected chi connectivity index (χ2v) is 4.04. The molecule has 16 heavy (non-hydrogen) atoms. The van der Waals surface area contributed by atoms with Gasteiger partial charge in [0.1, 0.15) is 11.5 Å². The summed E-state index contributed by atoms with van der Waals surface area (Å²) in [6, 6.07) is 2.86. The summed E-state index contributed by atoms with van der Waals surface area (Å²) in [5.41, 5.74) is 5.58. The van der Waals surface area contributed by atoms with Crippen molar-refractivity contribution in [3.8, 4) is 0 Å². The van der Waals surface area contributed by atoms with Crippen LogP contribution in [-0.2, 0) is 6.42 Å². The van der Waals surface area contributed by atoms with E-state index in [0.717, 1.165) is 0 Å². The molecule has 0 aliphatic heterocycles. The van der Waals surface area contributed by atoms with Crippen molar-refractivity contribution in [2.45, 2.75) is 6.42 Å². The maximum Gasteiger partial charge on any atom is 0.268 e. The van der Waals surface area contributed by atoms with E-state index in [1.807, 2.05) is 0 Å². The van der Waals surface area contributed by atoms with E-state index in [1.165, 1.54) is 29.7 Å². The number of hydrogen-bond donors (Lipinski definition) is 1. The quantitative estimate of drug-likeness (QED) is 0.876. The molecule has 0 aliphatic rings. The molecule has 0 aromatic carbocycles. The Morgan fingerprint density at radius 1 is 1.56 bits per heavy atom. The SMILES string of the molecule is NC(=O)c1csc(Cc2ncccc2F)n1. The molecule has 2 rings (SSSR count). The number of rotatable bonds is 3. The molecule has 0 spiro atoms. The molecule has 2 aromatic heterocycles. The highest BCUT2D eigenvalue weighted by Crippen LogP contribution is 2.15. The highest BCUT2D eigenvalue weighted by Gasteiger charge is 2.10. The Morgan fingerprint density at radius 3 is 3.00 bits per heavy atom. The maximum absolute atomic E-state index is 13.3. The summed E-state index contributed by atoms with van der Waals surface area (Å²) in [6.45, 7) is 0. The van der Waals surface area contributed by atoms with Gasteiger partial charge in [-0.2, -0.15) is 0 Å². The van der Waals surface area contributed by atoms with Crippen LogP contribution >= 0.6 is 11.3 Å². The molecule has 0 aliphatic carbocycles. The zero-order valence-electron chi connectivity index (χ0n) is 8.18. The molecule has 6 heteroatoms. The van der Waals surface area contributed by atoms with E-state index in [-0.39, 0.29) is 17.9 Å². The van der Waals surface area contributed by atoms with Crippen LogP contribution in [0.15, 0.2) is 23.7 Å². The Balaban J connectivity index is 2.21. The van der Waals surface area contributed by atoms with Gasteiger partial charge in [0.2, 0.25) is 0 Å². The highest BCUT2D eigenvalue weighted by molar-refractivity contribution is 7.09. The van der Waals surface area contributed by atoms with Crippen molar-refractivity contribution in [1.29, 1.82) is 0 Å². The largest absolute Gasteiger partial charge is 0.364 e. The van der Waals surface area contributed by atoms with Crippen LogP contribution in [-0.4, -0.2) is 15.9 Å². The number of pyridine rings is 1. The lowest BCUT2D eigenvalue weighted by Gasteiger charge is -1.97. The van der Waals surface area contributed by atoms with Crippen LogP contribution in [0.4, 0.5) is 4.39 Å². The number of hydrogen-bond acceptors (Lipinski definition) is 4. The average molecular weight is 237 g/mol. The van der Waals surface area contributed by atoms with Crippen molar-refractivity contribution in [2.24, 2.45) is 5.73 Å². The van der Waals surface area contributed by atoms with Crippen molar-refractivity contribution >= 4 is 17.2 Å². The van der Waals surface area contributed by atoms with E-state index in [9.17, 15) is 9.18 Å². The van der Waals surface area contributed by atoms with Crippen molar-refractivity contribution in [1.82, 2.24) is 9.97 Å². The lowest BCUT2D eigenvalue weighted by molar-refractivity contribution is 0.0996. The summed E-state index contributed by atoms with van der Waals surface area (Å²) in [6.07, 6.45) is 1.78. The number of nitrogens with two attached hydrogens (primary N) is 1. The van der Waals surface area contributed by atoms with Gasteiger partial charge in [-0.15, -0.1) is 11.3 Å². The molecule has 0 radical (unpaired) electrons. The van der Waals surface area contributed by atoms with Crippen LogP contribution in [0.3, 0.4) is 0 Å². The molecule has 0 unspecified atom stereocenters. The molecule has 82 valence electrons. The number of nitrogens with zero attached hydrogens (tertiary/aromatic N) is 2. The fourth-order valence-corrected chi connectivity index (χ4v) is 1.98. The Hall–Kier alpha value is -1.82. The van der Waals surface area contributed by atoms with Crippen LogP contribution < -0.4 is 5.73 Å². The Labute approximate surface area is 95.0 Å². The van der Waals surface area contributed by atoms with Gasteiger partial charge in [0.05, 0.1) is 10.7 Å². The van der Waals surface area contributed by atoms with Gasteiger partial charge < -0.3 is 5.73 Å². The topological polar surface area (TPSA) is 68.9 Å². The van der Waals surface area contributed by atoms with Gasteiger partial charge >= 0.3 is 0 Å². The molecule has 2 aromatic rings. The van der Waals surface area contributed by atoms with Gasteiger partial charge in [-0.1, -0.05) is 0 Å². The van der Waals surface area contributed by atoms with Gasteiger partial charge in [-0.05, 0) is 12.1 Å². The van der Waals surface area contributed by atoms with Crippen LogP contribution in [0.5, 0.6) is 0 Å². The minimum atomic E-state index is -0.580. The second kappa shape index (κ2) is 4.36. The van der Waals surface area contributed by atoms with Crippen molar-refractivity contribution < 1.29 is 9.18 Å². The molecule has 0 atom stereocenters. The predicted molar refractivity (Wildman–Crippen MR) is 57.6 cm³/mol. The number of carbonyl (C=O) groups is 1. The highest BCUT2D eigenvalue weighted by atomic mass is 32.1. The molecule has 2 N–H and O–H groups in total. The average Bonchev–Trinajstić information content (AvgIpc) is 2.70. The van der Waals surface area contributed by atoms with E-state index in [4.69, 9.17) is 5.73 Å². The second-order valence-electron chi connectivity index (χ2n) is 3.10. The van der Waals surface area contributed by atoms with Crippen LogP contribution in [0.25, 0.3) is 0 Å². The lowest BCUT2D eigenvalue weighted by Crippen LogP contribution is -2.11. The third-order valence-electron chi connectivity index (χ3n) is 1.96. The number of halogens is 1. The minimum Gasteiger partial charge on any atom is -0.364 e. The summed E-state index contributed by atoms with van der Waals surface area (Å²) in [5, 5.41) is 2.17. The van der Waals surface area contributed by atoms with E-state index in [1.54, 1.807) is 5.38 Å². The monoisotopic (exact) mass is 237 g/mol. The molecule has 1 amide bonds. The molecule has 4 nitrogen and oxygen atoms in total. The van der Waals surface area contributed by atoms with Crippen LogP contribution in [0.2, 0.25) is 0 Å². The zero-order chi connectivity index (χ0) is 11.5. The molecule has 0 saturated heterocycles. The first-order valence-corrected chi connectivity index (χ1v) is 5.38. The van der Waals surface area contributed by atoms with Crippen molar-refractivity contribution in [3.05, 3.63) is 45.9 Å². The first-order chi connectivity index (χ1) is 7.66. The third-order valence-corrected chi connectivity index (χ3v) is 2.81. The van der Waals surface area contributed by atoms with Gasteiger partial charge in [0.25, 0.3) is 5.91 Å². The molecular formula is C10H8FN3OS. The van der Waals surface area contributed by atoms with Crippen molar-refractivity contribution in [3.63, 3.8) is 0 Å². The number of carbonyl (C=O) groups excluding carboxylic acids is 1. The summed E-state index contributed by atoms with van der Waals surface area (Å²) in [5.74, 6) is -0.956. The molecule has 0 bridgehead atoms. The maximum atomic E-state index is 13.3. The zero-order valence-corrected chi connectivity index (χ0v) is 9.00. The lowest BCUT2D eigenvalue weighted by atomic mass is 10.2. The van der Waals surface area contributed by atoms with Gasteiger partial charge in [0.15, 0.2) is 0 Å². The van der Waals surface area contributed by atoms with E-state index >= 15 is 0 Å². The van der Waals surface area contributed by atoms with Gasteiger partial charge in [0, 0.05) is 18.0 Å². The van der Waals surface area contributed by atoms with Crippen LogP contribution in [0.1, 0.15) is 21.2 Å². The Kier molecular flexibility index (Phi) is 2.91. The summed E-state index contributed by atoms with van der Waals surface area (Å²) in [7, 11) is 0. The van der Waals surface area contributed by atoms with Gasteiger partial charge in [-0.25, -0.2) is 9.37 Å². The smallest absolute Gasteiger partial charge is 0.268 e. The minimum absolute atomic E-state index is 0.205. The third kappa shape index (κ3) is 2.22. The normalized spacial score (nSPS) is 10.3. The fourth-order valence-electron chi connectivity index (χ4n) is 1.20. The van der Waals surface area contributed by atoms with E-state index < -0.39 is 5.91 Å². The first-order valence-electron chi connectivity index (χ1n) is 4.50. The number of amides is 1. The number of thiazole rings is 1.